The molecule has 0 saturated carbocycles. The van der Waals surface area contributed by atoms with Crippen LogP contribution in [0.1, 0.15) is 31.2 Å². The minimum atomic E-state index is -4.68. The Hall–Kier alpha value is -3.45. The zero-order chi connectivity index (χ0) is 26.0. The highest BCUT2D eigenvalue weighted by Crippen LogP contribution is 2.30. The number of hydrogen-bond donors (Lipinski definition) is 2. The molecule has 3 atom stereocenters. The number of pyridine rings is 1. The Morgan fingerprint density at radius 1 is 1.14 bits per heavy atom. The van der Waals surface area contributed by atoms with E-state index in [0.717, 1.165) is 18.6 Å². The van der Waals surface area contributed by atoms with Gasteiger partial charge in [0.25, 0.3) is 0 Å². The van der Waals surface area contributed by atoms with E-state index in [9.17, 15) is 31.7 Å². The van der Waals surface area contributed by atoms with Gasteiger partial charge in [0.05, 0.1) is 16.8 Å². The maximum Gasteiger partial charge on any atom is 0.451 e. The Kier molecular flexibility index (Phi) is 7.31. The van der Waals surface area contributed by atoms with Crippen LogP contribution in [0.15, 0.2) is 53.8 Å². The van der Waals surface area contributed by atoms with Crippen LogP contribution in [0.4, 0.5) is 17.6 Å². The smallest absolute Gasteiger partial charge is 0.451 e. The fourth-order valence-corrected chi connectivity index (χ4v) is 5.33. The third kappa shape index (κ3) is 5.51. The molecule has 36 heavy (non-hydrogen) atoms. The lowest BCUT2D eigenvalue weighted by Crippen LogP contribution is -2.45. The van der Waals surface area contributed by atoms with Crippen molar-refractivity contribution in [2.24, 2.45) is 0 Å². The fraction of sp³-hybridized carbons (Fsp3) is 0.304. The summed E-state index contributed by atoms with van der Waals surface area (Å²) in [6, 6.07) is 5.76. The summed E-state index contributed by atoms with van der Waals surface area (Å²) in [5.41, 5.74) is 0.672. The van der Waals surface area contributed by atoms with E-state index in [1.807, 2.05) is 6.92 Å². The summed E-state index contributed by atoms with van der Waals surface area (Å²) >= 11 is 0. The topological polar surface area (TPSA) is 108 Å². The number of carbonyl (C=O) groups is 1. The largest absolute Gasteiger partial charge is 0.506 e. The number of aromatic nitrogens is 3. The predicted molar refractivity (Wildman–Crippen MR) is 121 cm³/mol. The van der Waals surface area contributed by atoms with Crippen molar-refractivity contribution in [1.82, 2.24) is 24.6 Å². The molecule has 190 valence electrons. The number of hydrogen-bond acceptors (Lipinski definition) is 6. The van der Waals surface area contributed by atoms with Crippen molar-refractivity contribution in [1.29, 1.82) is 0 Å². The number of benzene rings is 1. The number of nitrogens with zero attached hydrogens (tertiary/aromatic N) is 4. The second-order valence-electron chi connectivity index (χ2n) is 8.21. The quantitative estimate of drug-likeness (QED) is 0.478. The standard InChI is InChI=1S/C23H21F4N5O3S/c1-13-2-7-19(32(13)36(35)17-5-3-16(24)4-6-17)21(34)29-9-14-8-18(28-12-20(14)33)15-10-30-22(31-11-15)23(25,26)27/h3-6,8,10-13,19,33H,2,7,9H2,1H3,(H,29,34). The molecule has 0 aliphatic carbocycles. The van der Waals surface area contributed by atoms with Gasteiger partial charge in [-0.2, -0.15) is 13.2 Å². The third-order valence-electron chi connectivity index (χ3n) is 5.73. The number of halogens is 4. The van der Waals surface area contributed by atoms with E-state index < -0.39 is 40.8 Å². The molecule has 0 spiro atoms. The van der Waals surface area contributed by atoms with E-state index in [1.54, 1.807) is 4.31 Å². The molecule has 0 radical (unpaired) electrons. The normalized spacial score (nSPS) is 19.2. The summed E-state index contributed by atoms with van der Waals surface area (Å²) in [6.45, 7) is 1.74. The fourth-order valence-electron chi connectivity index (χ4n) is 3.86. The lowest BCUT2D eigenvalue weighted by molar-refractivity contribution is -0.145. The van der Waals surface area contributed by atoms with Gasteiger partial charge in [0.2, 0.25) is 11.7 Å². The lowest BCUT2D eigenvalue weighted by atomic mass is 10.1. The maximum absolute atomic E-state index is 13.3. The molecule has 3 unspecified atom stereocenters. The molecule has 2 N–H and O–H groups in total. The SMILES string of the molecule is CC1CCC(C(=O)NCc2cc(-c3cnc(C(F)(F)F)nc3)ncc2O)N1S(=O)c1ccc(F)cc1. The summed E-state index contributed by atoms with van der Waals surface area (Å²) in [5.74, 6) is -2.38. The summed E-state index contributed by atoms with van der Waals surface area (Å²) < 4.78 is 66.0. The van der Waals surface area contributed by atoms with Crippen molar-refractivity contribution in [2.75, 3.05) is 0 Å². The summed E-state index contributed by atoms with van der Waals surface area (Å²) in [4.78, 5) is 24.0. The molecule has 1 fully saturated rings. The molecule has 0 bridgehead atoms. The number of carbonyl (C=O) groups excluding carboxylic acids is 1. The lowest BCUT2D eigenvalue weighted by Gasteiger charge is -2.26. The van der Waals surface area contributed by atoms with Crippen LogP contribution in [0.2, 0.25) is 0 Å². The highest BCUT2D eigenvalue weighted by Gasteiger charge is 2.39. The molecular formula is C23H21F4N5O3S. The summed E-state index contributed by atoms with van der Waals surface area (Å²) in [5, 5.41) is 12.9. The van der Waals surface area contributed by atoms with Crippen LogP contribution < -0.4 is 5.32 Å². The van der Waals surface area contributed by atoms with Gasteiger partial charge in [0.1, 0.15) is 28.6 Å². The molecule has 1 aromatic carbocycles. The van der Waals surface area contributed by atoms with Gasteiger partial charge in [-0.25, -0.2) is 22.9 Å². The van der Waals surface area contributed by atoms with E-state index in [-0.39, 0.29) is 35.2 Å². The molecule has 13 heteroatoms. The number of aromatic hydroxyl groups is 1. The Morgan fingerprint density at radius 2 is 1.81 bits per heavy atom. The first-order valence-electron chi connectivity index (χ1n) is 10.9. The molecule has 3 heterocycles. The van der Waals surface area contributed by atoms with Crippen LogP contribution >= 0.6 is 0 Å². The molecule has 1 amide bonds. The van der Waals surface area contributed by atoms with Crippen LogP contribution in [0.25, 0.3) is 11.3 Å². The van der Waals surface area contributed by atoms with Crippen LogP contribution in [-0.4, -0.2) is 46.6 Å². The van der Waals surface area contributed by atoms with E-state index >= 15 is 0 Å². The monoisotopic (exact) mass is 523 g/mol. The molecule has 1 saturated heterocycles. The van der Waals surface area contributed by atoms with Gasteiger partial charge in [-0.1, -0.05) is 0 Å². The van der Waals surface area contributed by atoms with E-state index in [1.165, 1.54) is 30.3 Å². The van der Waals surface area contributed by atoms with Crippen molar-refractivity contribution in [3.8, 4) is 17.0 Å². The Labute approximate surface area is 206 Å². The van der Waals surface area contributed by atoms with E-state index in [4.69, 9.17) is 0 Å². The first kappa shape index (κ1) is 25.6. The van der Waals surface area contributed by atoms with Gasteiger partial charge < -0.3 is 10.4 Å². The zero-order valence-electron chi connectivity index (χ0n) is 18.9. The molecule has 4 rings (SSSR count). The molecule has 8 nitrogen and oxygen atoms in total. The zero-order valence-corrected chi connectivity index (χ0v) is 19.7. The minimum Gasteiger partial charge on any atom is -0.506 e. The molecule has 1 aliphatic heterocycles. The highest BCUT2D eigenvalue weighted by atomic mass is 32.2. The second-order valence-corrected chi connectivity index (χ2v) is 9.61. The van der Waals surface area contributed by atoms with Gasteiger partial charge in [-0.15, -0.1) is 0 Å². The van der Waals surface area contributed by atoms with Crippen LogP contribution in [-0.2, 0) is 28.5 Å². The second kappa shape index (κ2) is 10.3. The molecule has 2 aromatic heterocycles. The Morgan fingerprint density at radius 3 is 2.44 bits per heavy atom. The Bertz CT molecular complexity index is 1270. The maximum atomic E-state index is 13.3. The highest BCUT2D eigenvalue weighted by molar-refractivity contribution is 7.82. The Balaban J connectivity index is 1.47. The summed E-state index contributed by atoms with van der Waals surface area (Å²) in [6.07, 6.45) is -0.537. The van der Waals surface area contributed by atoms with E-state index in [2.05, 4.69) is 20.3 Å². The number of alkyl halides is 3. The van der Waals surface area contributed by atoms with Crippen LogP contribution in [0.5, 0.6) is 5.75 Å². The van der Waals surface area contributed by atoms with Gasteiger partial charge >= 0.3 is 6.18 Å². The predicted octanol–water partition coefficient (Wildman–Crippen LogP) is 3.59. The number of rotatable bonds is 6. The average Bonchev–Trinajstić information content (AvgIpc) is 3.24. The number of nitrogens with one attached hydrogen (secondary N) is 1. The van der Waals surface area contributed by atoms with Gasteiger partial charge in [0, 0.05) is 36.1 Å². The molecule has 1 aliphatic rings. The molecular weight excluding hydrogens is 502 g/mol. The first-order chi connectivity index (χ1) is 17.0. The van der Waals surface area contributed by atoms with Crippen molar-refractivity contribution in [2.45, 2.75) is 49.5 Å². The summed E-state index contributed by atoms with van der Waals surface area (Å²) in [7, 11) is -1.68. The number of amides is 1. The van der Waals surface area contributed by atoms with Crippen molar-refractivity contribution >= 4 is 16.9 Å². The van der Waals surface area contributed by atoms with Gasteiger partial charge in [-0.05, 0) is 50.1 Å². The van der Waals surface area contributed by atoms with Gasteiger partial charge in [-0.3, -0.25) is 9.78 Å². The molecule has 3 aromatic rings. The van der Waals surface area contributed by atoms with Crippen LogP contribution in [0.3, 0.4) is 0 Å². The average molecular weight is 524 g/mol. The minimum absolute atomic E-state index is 0.108. The van der Waals surface area contributed by atoms with Gasteiger partial charge in [0.15, 0.2) is 0 Å². The van der Waals surface area contributed by atoms with E-state index in [0.29, 0.717) is 17.7 Å². The van der Waals surface area contributed by atoms with Crippen LogP contribution in [0, 0.1) is 5.82 Å². The first-order valence-corrected chi connectivity index (χ1v) is 12.0. The van der Waals surface area contributed by atoms with Crippen molar-refractivity contribution < 1.29 is 31.7 Å². The van der Waals surface area contributed by atoms with Crippen molar-refractivity contribution in [3.05, 3.63) is 66.1 Å². The third-order valence-corrected chi connectivity index (χ3v) is 7.40. The van der Waals surface area contributed by atoms with Crippen molar-refractivity contribution in [3.63, 3.8) is 0 Å².